The van der Waals surface area contributed by atoms with Crippen molar-refractivity contribution in [2.75, 3.05) is 44.8 Å². The van der Waals surface area contributed by atoms with Crippen LogP contribution in [0.3, 0.4) is 0 Å². The van der Waals surface area contributed by atoms with Crippen molar-refractivity contribution in [3.8, 4) is 11.5 Å². The zero-order chi connectivity index (χ0) is 18.6. The van der Waals surface area contributed by atoms with Gasteiger partial charge in [-0.2, -0.15) is 4.31 Å². The smallest absolute Gasteiger partial charge is 0.243 e. The number of nitrogens with zero attached hydrogens (tertiary/aromatic N) is 2. The van der Waals surface area contributed by atoms with E-state index in [1.165, 1.54) is 4.31 Å². The minimum Gasteiger partial charge on any atom is -0.497 e. The summed E-state index contributed by atoms with van der Waals surface area (Å²) in [6.07, 6.45) is 0. The Bertz CT molecular complexity index is 829. The zero-order valence-corrected chi connectivity index (χ0v) is 15.9. The van der Waals surface area contributed by atoms with Gasteiger partial charge in [0.15, 0.2) is 0 Å². The van der Waals surface area contributed by atoms with E-state index in [-0.39, 0.29) is 0 Å². The molecule has 0 radical (unpaired) electrons. The molecule has 0 bridgehead atoms. The van der Waals surface area contributed by atoms with Crippen LogP contribution in [0.15, 0.2) is 53.4 Å². The lowest BCUT2D eigenvalue weighted by Gasteiger charge is -2.36. The summed E-state index contributed by atoms with van der Waals surface area (Å²) in [6, 6.07) is 14.4. The van der Waals surface area contributed by atoms with Gasteiger partial charge >= 0.3 is 0 Å². The fourth-order valence-electron chi connectivity index (χ4n) is 3.06. The van der Waals surface area contributed by atoms with Crippen LogP contribution in [-0.2, 0) is 10.0 Å². The lowest BCUT2D eigenvalue weighted by molar-refractivity contribution is 0.337. The topological polar surface area (TPSA) is 59.1 Å². The lowest BCUT2D eigenvalue weighted by Crippen LogP contribution is -2.48. The number of hydrogen-bond donors (Lipinski definition) is 0. The number of anilines is 1. The number of methoxy groups -OCH3 is 1. The maximum absolute atomic E-state index is 12.8. The molecular weight excluding hydrogens is 352 g/mol. The van der Waals surface area contributed by atoms with Crippen molar-refractivity contribution in [1.29, 1.82) is 0 Å². The summed E-state index contributed by atoms with van der Waals surface area (Å²) in [4.78, 5) is 2.46. The summed E-state index contributed by atoms with van der Waals surface area (Å²) < 4.78 is 38.0. The summed E-state index contributed by atoms with van der Waals surface area (Å²) in [6.45, 7) is 4.68. The SMILES string of the molecule is CCOc1ccccc1N1CCN(S(=O)(=O)c2ccc(OC)cc2)CC1. The highest BCUT2D eigenvalue weighted by atomic mass is 32.2. The second kappa shape index (κ2) is 7.97. The lowest BCUT2D eigenvalue weighted by atomic mass is 10.2. The molecule has 0 N–H and O–H groups in total. The van der Waals surface area contributed by atoms with Gasteiger partial charge in [-0.3, -0.25) is 0 Å². The predicted octanol–water partition coefficient (Wildman–Crippen LogP) is 2.60. The first-order valence-corrected chi connectivity index (χ1v) is 10.1. The third-order valence-corrected chi connectivity index (χ3v) is 6.35. The van der Waals surface area contributed by atoms with E-state index in [0.29, 0.717) is 43.4 Å². The molecule has 0 amide bonds. The molecule has 0 spiro atoms. The first kappa shape index (κ1) is 18.5. The molecule has 6 nitrogen and oxygen atoms in total. The highest BCUT2D eigenvalue weighted by Gasteiger charge is 2.29. The highest BCUT2D eigenvalue weighted by molar-refractivity contribution is 7.89. The molecule has 0 unspecified atom stereocenters. The minimum absolute atomic E-state index is 0.293. The predicted molar refractivity (Wildman–Crippen MR) is 102 cm³/mol. The van der Waals surface area contributed by atoms with Crippen LogP contribution in [-0.4, -0.2) is 52.6 Å². The van der Waals surface area contributed by atoms with E-state index in [2.05, 4.69) is 4.90 Å². The Morgan fingerprint density at radius 2 is 1.62 bits per heavy atom. The molecule has 7 heteroatoms. The van der Waals surface area contributed by atoms with E-state index >= 15 is 0 Å². The number of para-hydroxylation sites is 2. The van der Waals surface area contributed by atoms with Crippen LogP contribution >= 0.6 is 0 Å². The van der Waals surface area contributed by atoms with Crippen LogP contribution < -0.4 is 14.4 Å². The van der Waals surface area contributed by atoms with Gasteiger partial charge in [0, 0.05) is 26.2 Å². The molecule has 1 aliphatic rings. The molecule has 0 saturated carbocycles. The maximum Gasteiger partial charge on any atom is 0.243 e. The van der Waals surface area contributed by atoms with Crippen molar-refractivity contribution in [3.63, 3.8) is 0 Å². The van der Waals surface area contributed by atoms with Crippen LogP contribution in [0.2, 0.25) is 0 Å². The number of ether oxygens (including phenoxy) is 2. The van der Waals surface area contributed by atoms with Gasteiger partial charge in [0.25, 0.3) is 0 Å². The van der Waals surface area contributed by atoms with Crippen LogP contribution in [0.4, 0.5) is 5.69 Å². The molecule has 2 aromatic carbocycles. The molecule has 0 aromatic heterocycles. The van der Waals surface area contributed by atoms with Crippen molar-refractivity contribution in [2.24, 2.45) is 0 Å². The molecule has 1 aliphatic heterocycles. The van der Waals surface area contributed by atoms with E-state index in [1.807, 2.05) is 31.2 Å². The van der Waals surface area contributed by atoms with Crippen molar-refractivity contribution >= 4 is 15.7 Å². The van der Waals surface area contributed by atoms with Gasteiger partial charge in [0.1, 0.15) is 11.5 Å². The van der Waals surface area contributed by atoms with Gasteiger partial charge in [0.05, 0.1) is 24.3 Å². The fraction of sp³-hybridized carbons (Fsp3) is 0.368. The van der Waals surface area contributed by atoms with Gasteiger partial charge in [0.2, 0.25) is 10.0 Å². The average molecular weight is 376 g/mol. The third-order valence-electron chi connectivity index (χ3n) is 4.44. The number of piperazine rings is 1. The number of hydrogen-bond acceptors (Lipinski definition) is 5. The molecule has 1 heterocycles. The standard InChI is InChI=1S/C19H24N2O4S/c1-3-25-19-7-5-4-6-18(19)20-12-14-21(15-13-20)26(22,23)17-10-8-16(24-2)9-11-17/h4-11H,3,12-15H2,1-2H3. The van der Waals surface area contributed by atoms with Crippen molar-refractivity contribution in [2.45, 2.75) is 11.8 Å². The molecule has 3 rings (SSSR count). The number of benzene rings is 2. The normalized spacial score (nSPS) is 15.7. The number of sulfonamides is 1. The molecule has 2 aromatic rings. The third kappa shape index (κ3) is 3.78. The molecular formula is C19H24N2O4S. The Labute approximate surface area is 155 Å². The molecule has 0 aliphatic carbocycles. The first-order valence-electron chi connectivity index (χ1n) is 8.67. The van der Waals surface area contributed by atoms with Crippen molar-refractivity contribution < 1.29 is 17.9 Å². The highest BCUT2D eigenvalue weighted by Crippen LogP contribution is 2.30. The summed E-state index contributed by atoms with van der Waals surface area (Å²) >= 11 is 0. The average Bonchev–Trinajstić information content (AvgIpc) is 2.69. The number of rotatable bonds is 6. The zero-order valence-electron chi connectivity index (χ0n) is 15.1. The van der Waals surface area contributed by atoms with Crippen molar-refractivity contribution in [3.05, 3.63) is 48.5 Å². The van der Waals surface area contributed by atoms with Gasteiger partial charge in [-0.25, -0.2) is 8.42 Å². The first-order chi connectivity index (χ1) is 12.6. The van der Waals surface area contributed by atoms with Gasteiger partial charge < -0.3 is 14.4 Å². The monoisotopic (exact) mass is 376 g/mol. The fourth-order valence-corrected chi connectivity index (χ4v) is 4.48. The summed E-state index contributed by atoms with van der Waals surface area (Å²) in [5.74, 6) is 1.47. The molecule has 1 saturated heterocycles. The van der Waals surface area contributed by atoms with Gasteiger partial charge in [-0.15, -0.1) is 0 Å². The maximum atomic E-state index is 12.8. The quantitative estimate of drug-likeness (QED) is 0.776. The van der Waals surface area contributed by atoms with Gasteiger partial charge in [-0.1, -0.05) is 12.1 Å². The largest absolute Gasteiger partial charge is 0.497 e. The summed E-state index contributed by atoms with van der Waals surface area (Å²) in [5, 5.41) is 0. The second-order valence-corrected chi connectivity index (χ2v) is 7.91. The van der Waals surface area contributed by atoms with E-state index in [9.17, 15) is 8.42 Å². The molecule has 140 valence electrons. The molecule has 1 fully saturated rings. The van der Waals surface area contributed by atoms with Crippen LogP contribution in [0.25, 0.3) is 0 Å². The van der Waals surface area contributed by atoms with E-state index in [4.69, 9.17) is 9.47 Å². The minimum atomic E-state index is -3.49. The summed E-state index contributed by atoms with van der Waals surface area (Å²) in [5.41, 5.74) is 1.01. The Balaban J connectivity index is 1.71. The van der Waals surface area contributed by atoms with Crippen molar-refractivity contribution in [1.82, 2.24) is 4.31 Å². The summed E-state index contributed by atoms with van der Waals surface area (Å²) in [7, 11) is -1.93. The van der Waals surface area contributed by atoms with E-state index in [1.54, 1.807) is 31.4 Å². The second-order valence-electron chi connectivity index (χ2n) is 5.97. The molecule has 26 heavy (non-hydrogen) atoms. The van der Waals surface area contributed by atoms with E-state index < -0.39 is 10.0 Å². The van der Waals surface area contributed by atoms with E-state index in [0.717, 1.165) is 11.4 Å². The van der Waals surface area contributed by atoms with Crippen LogP contribution in [0.5, 0.6) is 11.5 Å². The Morgan fingerprint density at radius 3 is 2.23 bits per heavy atom. The Kier molecular flexibility index (Phi) is 5.68. The molecule has 0 atom stereocenters. The Hall–Kier alpha value is -2.25. The van der Waals surface area contributed by atoms with Crippen LogP contribution in [0, 0.1) is 0 Å². The van der Waals surface area contributed by atoms with Gasteiger partial charge in [-0.05, 0) is 43.3 Å². The Morgan fingerprint density at radius 1 is 0.962 bits per heavy atom. The van der Waals surface area contributed by atoms with Crippen LogP contribution in [0.1, 0.15) is 6.92 Å².